The van der Waals surface area contributed by atoms with Crippen LogP contribution in [-0.4, -0.2) is 10.2 Å². The first-order valence-corrected chi connectivity index (χ1v) is 5.66. The average molecular weight is 228 g/mol. The Hall–Kier alpha value is -1.64. The molecule has 0 heterocycles. The largest absolute Gasteiger partial charge is 0.385 e. The molecule has 2 nitrogen and oxygen atoms in total. The molecule has 0 saturated heterocycles. The lowest BCUT2D eigenvalue weighted by Gasteiger charge is -2.18. The number of aliphatic hydroxyl groups excluding tert-OH is 2. The highest BCUT2D eigenvalue weighted by Crippen LogP contribution is 2.28. The highest BCUT2D eigenvalue weighted by molar-refractivity contribution is 5.27. The molecule has 0 spiro atoms. The second kappa shape index (κ2) is 5.13. The number of hydrogen-bond donors (Lipinski definition) is 2. The van der Waals surface area contributed by atoms with Gasteiger partial charge in [0.2, 0.25) is 0 Å². The maximum Gasteiger partial charge on any atom is 0.109 e. The van der Waals surface area contributed by atoms with E-state index in [1.807, 2.05) is 61.5 Å². The minimum atomic E-state index is -0.891. The molecule has 2 heteroatoms. The molecule has 2 aromatic carbocycles. The zero-order valence-electron chi connectivity index (χ0n) is 9.75. The minimum Gasteiger partial charge on any atom is -0.385 e. The molecule has 0 saturated carbocycles. The molecule has 2 aromatic rings. The van der Waals surface area contributed by atoms with Crippen LogP contribution in [0.4, 0.5) is 0 Å². The summed E-state index contributed by atoms with van der Waals surface area (Å²) in [4.78, 5) is 0. The Morgan fingerprint density at radius 3 is 1.71 bits per heavy atom. The van der Waals surface area contributed by atoms with Gasteiger partial charge < -0.3 is 10.2 Å². The smallest absolute Gasteiger partial charge is 0.109 e. The third-order valence-electron chi connectivity index (χ3n) is 2.86. The van der Waals surface area contributed by atoms with E-state index in [1.54, 1.807) is 0 Å². The van der Waals surface area contributed by atoms with Crippen molar-refractivity contribution in [1.82, 2.24) is 0 Å². The van der Waals surface area contributed by atoms with Gasteiger partial charge in [0.1, 0.15) is 12.2 Å². The summed E-state index contributed by atoms with van der Waals surface area (Å²) >= 11 is 0. The summed E-state index contributed by atoms with van der Waals surface area (Å²) in [6, 6.07) is 16.7. The van der Waals surface area contributed by atoms with Crippen LogP contribution in [0.25, 0.3) is 0 Å². The predicted molar refractivity (Wildman–Crippen MR) is 67.5 cm³/mol. The fraction of sp³-hybridized carbons (Fsp3) is 0.200. The molecule has 0 unspecified atom stereocenters. The van der Waals surface area contributed by atoms with Gasteiger partial charge in [-0.05, 0) is 18.1 Å². The SMILES string of the molecule is Cc1ccc([C@H](O)[C@@H](O)c2ccccc2)cc1. The Kier molecular flexibility index (Phi) is 3.57. The van der Waals surface area contributed by atoms with E-state index in [-0.39, 0.29) is 0 Å². The summed E-state index contributed by atoms with van der Waals surface area (Å²) in [6.07, 6.45) is -1.78. The van der Waals surface area contributed by atoms with Crippen molar-refractivity contribution in [3.63, 3.8) is 0 Å². The van der Waals surface area contributed by atoms with E-state index in [4.69, 9.17) is 0 Å². The molecule has 2 rings (SSSR count). The van der Waals surface area contributed by atoms with E-state index < -0.39 is 12.2 Å². The molecule has 2 N–H and O–H groups in total. The lowest BCUT2D eigenvalue weighted by molar-refractivity contribution is 0.0172. The average Bonchev–Trinajstić information content (AvgIpc) is 2.39. The fourth-order valence-corrected chi connectivity index (χ4v) is 1.78. The Morgan fingerprint density at radius 2 is 1.18 bits per heavy atom. The molecule has 0 radical (unpaired) electrons. The van der Waals surface area contributed by atoms with E-state index >= 15 is 0 Å². The molecule has 0 aromatic heterocycles. The van der Waals surface area contributed by atoms with Crippen LogP contribution in [0.15, 0.2) is 54.6 Å². The van der Waals surface area contributed by atoms with Crippen molar-refractivity contribution in [2.45, 2.75) is 19.1 Å². The summed E-state index contributed by atoms with van der Waals surface area (Å²) in [5.74, 6) is 0. The summed E-state index contributed by atoms with van der Waals surface area (Å²) in [7, 11) is 0. The van der Waals surface area contributed by atoms with E-state index in [0.29, 0.717) is 0 Å². The molecular weight excluding hydrogens is 212 g/mol. The molecule has 88 valence electrons. The van der Waals surface area contributed by atoms with Crippen LogP contribution in [-0.2, 0) is 0 Å². The van der Waals surface area contributed by atoms with Crippen molar-refractivity contribution in [2.75, 3.05) is 0 Å². The zero-order chi connectivity index (χ0) is 12.3. The van der Waals surface area contributed by atoms with Gasteiger partial charge in [-0.3, -0.25) is 0 Å². The molecule has 0 bridgehead atoms. The van der Waals surface area contributed by atoms with Crippen molar-refractivity contribution in [3.05, 3.63) is 71.3 Å². The van der Waals surface area contributed by atoms with Crippen molar-refractivity contribution < 1.29 is 10.2 Å². The number of rotatable bonds is 3. The van der Waals surface area contributed by atoms with Crippen molar-refractivity contribution >= 4 is 0 Å². The van der Waals surface area contributed by atoms with Crippen LogP contribution in [0.5, 0.6) is 0 Å². The quantitative estimate of drug-likeness (QED) is 0.848. The maximum atomic E-state index is 10.1. The molecular formula is C15H16O2. The first-order valence-electron chi connectivity index (χ1n) is 5.66. The Labute approximate surface area is 101 Å². The monoisotopic (exact) mass is 228 g/mol. The van der Waals surface area contributed by atoms with Gasteiger partial charge in [0.15, 0.2) is 0 Å². The fourth-order valence-electron chi connectivity index (χ4n) is 1.78. The number of aryl methyl sites for hydroxylation is 1. The summed E-state index contributed by atoms with van der Waals surface area (Å²) < 4.78 is 0. The third kappa shape index (κ3) is 2.73. The molecule has 0 aliphatic rings. The number of benzene rings is 2. The van der Waals surface area contributed by atoms with Gasteiger partial charge in [-0.1, -0.05) is 60.2 Å². The normalized spacial score (nSPS) is 14.3. The Balaban J connectivity index is 2.20. The van der Waals surface area contributed by atoms with E-state index in [0.717, 1.165) is 16.7 Å². The Morgan fingerprint density at radius 1 is 0.706 bits per heavy atom. The van der Waals surface area contributed by atoms with Crippen LogP contribution in [0, 0.1) is 6.92 Å². The lowest BCUT2D eigenvalue weighted by atomic mass is 9.98. The zero-order valence-corrected chi connectivity index (χ0v) is 9.75. The lowest BCUT2D eigenvalue weighted by Crippen LogP contribution is -2.10. The molecule has 0 aliphatic heterocycles. The van der Waals surface area contributed by atoms with Gasteiger partial charge in [-0.2, -0.15) is 0 Å². The molecule has 0 fully saturated rings. The molecule has 0 amide bonds. The predicted octanol–water partition coefficient (Wildman–Crippen LogP) is 2.76. The maximum absolute atomic E-state index is 10.1. The standard InChI is InChI=1S/C15H16O2/c1-11-7-9-13(10-8-11)15(17)14(16)12-5-3-2-4-6-12/h2-10,14-17H,1H3/t14-,15-/m0/s1. The van der Waals surface area contributed by atoms with Crippen molar-refractivity contribution in [2.24, 2.45) is 0 Å². The van der Waals surface area contributed by atoms with Crippen molar-refractivity contribution in [1.29, 1.82) is 0 Å². The van der Waals surface area contributed by atoms with Crippen molar-refractivity contribution in [3.8, 4) is 0 Å². The van der Waals surface area contributed by atoms with Crippen LogP contribution in [0.2, 0.25) is 0 Å². The summed E-state index contributed by atoms with van der Waals surface area (Å²) in [5, 5.41) is 20.1. The molecule has 2 atom stereocenters. The minimum absolute atomic E-state index is 0.723. The van der Waals surface area contributed by atoms with Crippen LogP contribution < -0.4 is 0 Å². The summed E-state index contributed by atoms with van der Waals surface area (Å²) in [5.41, 5.74) is 2.59. The topological polar surface area (TPSA) is 40.5 Å². The van der Waals surface area contributed by atoms with Gasteiger partial charge in [0.25, 0.3) is 0 Å². The highest BCUT2D eigenvalue weighted by atomic mass is 16.3. The first-order chi connectivity index (χ1) is 8.18. The van der Waals surface area contributed by atoms with Crippen LogP contribution in [0.1, 0.15) is 28.9 Å². The van der Waals surface area contributed by atoms with E-state index in [9.17, 15) is 10.2 Å². The van der Waals surface area contributed by atoms with E-state index in [1.165, 1.54) is 0 Å². The third-order valence-corrected chi connectivity index (χ3v) is 2.86. The van der Waals surface area contributed by atoms with E-state index in [2.05, 4.69) is 0 Å². The molecule has 0 aliphatic carbocycles. The van der Waals surface area contributed by atoms with Gasteiger partial charge in [0.05, 0.1) is 0 Å². The van der Waals surface area contributed by atoms with Gasteiger partial charge in [0, 0.05) is 0 Å². The second-order valence-electron chi connectivity index (χ2n) is 4.21. The Bertz CT molecular complexity index is 462. The van der Waals surface area contributed by atoms with Crippen LogP contribution in [0.3, 0.4) is 0 Å². The van der Waals surface area contributed by atoms with Gasteiger partial charge in [-0.25, -0.2) is 0 Å². The van der Waals surface area contributed by atoms with Crippen LogP contribution >= 0.6 is 0 Å². The second-order valence-corrected chi connectivity index (χ2v) is 4.21. The van der Waals surface area contributed by atoms with Gasteiger partial charge in [-0.15, -0.1) is 0 Å². The number of hydrogen-bond acceptors (Lipinski definition) is 2. The first kappa shape index (κ1) is 11.8. The summed E-state index contributed by atoms with van der Waals surface area (Å²) in [6.45, 7) is 1.99. The molecule has 17 heavy (non-hydrogen) atoms. The highest BCUT2D eigenvalue weighted by Gasteiger charge is 2.19. The van der Waals surface area contributed by atoms with Gasteiger partial charge >= 0.3 is 0 Å². The number of aliphatic hydroxyl groups is 2.